The highest BCUT2D eigenvalue weighted by Gasteiger charge is 2.08. The average molecular weight is 223 g/mol. The Morgan fingerprint density at radius 2 is 2.07 bits per heavy atom. The van der Waals surface area contributed by atoms with Crippen LogP contribution in [0.4, 0.5) is 0 Å². The van der Waals surface area contributed by atoms with Crippen molar-refractivity contribution in [3.05, 3.63) is 23.3 Å². The van der Waals surface area contributed by atoms with Crippen molar-refractivity contribution in [2.24, 2.45) is 7.05 Å². The second-order valence-corrected chi connectivity index (χ2v) is 4.71. The van der Waals surface area contributed by atoms with Gasteiger partial charge in [-0.3, -0.25) is 4.68 Å². The van der Waals surface area contributed by atoms with Crippen molar-refractivity contribution in [3.8, 4) is 10.7 Å². The third kappa shape index (κ3) is 2.45. The van der Waals surface area contributed by atoms with Gasteiger partial charge < -0.3 is 0 Å². The molecule has 2 heterocycles. The van der Waals surface area contributed by atoms with Crippen molar-refractivity contribution in [2.75, 3.05) is 0 Å². The van der Waals surface area contributed by atoms with E-state index in [0.717, 1.165) is 10.7 Å². The van der Waals surface area contributed by atoms with Crippen LogP contribution >= 0.6 is 11.3 Å². The minimum atomic E-state index is 0. The van der Waals surface area contributed by atoms with E-state index in [-0.39, 0.29) is 7.43 Å². The van der Waals surface area contributed by atoms with E-state index in [0.29, 0.717) is 5.92 Å². The molecule has 0 saturated heterocycles. The third-order valence-corrected chi connectivity index (χ3v) is 3.40. The van der Waals surface area contributed by atoms with Gasteiger partial charge in [0.1, 0.15) is 6.33 Å². The van der Waals surface area contributed by atoms with Gasteiger partial charge in [-0.05, 0) is 18.1 Å². The van der Waals surface area contributed by atoms with Gasteiger partial charge in [0.05, 0.1) is 4.88 Å². The summed E-state index contributed by atoms with van der Waals surface area (Å²) in [6, 6.07) is 4.25. The highest BCUT2D eigenvalue weighted by Crippen LogP contribution is 2.29. The quantitative estimate of drug-likeness (QED) is 0.782. The van der Waals surface area contributed by atoms with Gasteiger partial charge in [-0.15, -0.1) is 11.3 Å². The van der Waals surface area contributed by atoms with Crippen molar-refractivity contribution >= 4 is 11.3 Å². The van der Waals surface area contributed by atoms with Crippen LogP contribution < -0.4 is 0 Å². The lowest BCUT2D eigenvalue weighted by Crippen LogP contribution is -1.86. The van der Waals surface area contributed by atoms with E-state index in [2.05, 4.69) is 36.1 Å². The van der Waals surface area contributed by atoms with Crippen LogP contribution in [0, 0.1) is 0 Å². The molecule has 0 amide bonds. The summed E-state index contributed by atoms with van der Waals surface area (Å²) in [6.45, 7) is 4.39. The Morgan fingerprint density at radius 3 is 2.53 bits per heavy atom. The molecule has 2 rings (SSSR count). The molecule has 0 radical (unpaired) electrons. The molecule has 15 heavy (non-hydrogen) atoms. The number of hydrogen-bond acceptors (Lipinski definition) is 3. The second kappa shape index (κ2) is 4.57. The predicted octanol–water partition coefficient (Wildman–Crippen LogP) is 3.30. The number of rotatable bonds is 2. The van der Waals surface area contributed by atoms with E-state index in [1.807, 2.05) is 7.05 Å². The van der Waals surface area contributed by atoms with Crippen LogP contribution in [0.2, 0.25) is 0 Å². The zero-order valence-corrected chi connectivity index (χ0v) is 9.38. The first-order valence-electron chi connectivity index (χ1n) is 4.62. The minimum Gasteiger partial charge on any atom is -0.255 e. The van der Waals surface area contributed by atoms with E-state index in [4.69, 9.17) is 0 Å². The van der Waals surface area contributed by atoms with Gasteiger partial charge in [-0.2, -0.15) is 5.10 Å². The molecule has 0 spiro atoms. The van der Waals surface area contributed by atoms with Crippen LogP contribution in [-0.4, -0.2) is 14.8 Å². The molecule has 4 heteroatoms. The standard InChI is InChI=1S/C10H13N3S.CH4/c1-7(2)8-4-5-9(14-8)10-11-6-13(3)12-10;/h4-7H,1-3H3;1H4. The maximum Gasteiger partial charge on any atom is 0.191 e. The van der Waals surface area contributed by atoms with Gasteiger partial charge in [-0.25, -0.2) is 4.98 Å². The number of thiophene rings is 1. The van der Waals surface area contributed by atoms with Crippen LogP contribution in [0.5, 0.6) is 0 Å². The van der Waals surface area contributed by atoms with Crippen molar-refractivity contribution < 1.29 is 0 Å². The molecule has 0 aliphatic rings. The zero-order valence-electron chi connectivity index (χ0n) is 8.56. The van der Waals surface area contributed by atoms with Crippen LogP contribution in [-0.2, 0) is 7.05 Å². The van der Waals surface area contributed by atoms with Gasteiger partial charge in [0.15, 0.2) is 5.82 Å². The van der Waals surface area contributed by atoms with Crippen molar-refractivity contribution in [3.63, 3.8) is 0 Å². The number of aromatic nitrogens is 3. The summed E-state index contributed by atoms with van der Waals surface area (Å²) in [7, 11) is 1.88. The predicted molar refractivity (Wildman–Crippen MR) is 65.1 cm³/mol. The van der Waals surface area contributed by atoms with E-state index >= 15 is 0 Å². The normalized spacial score (nSPS) is 10.4. The lowest BCUT2D eigenvalue weighted by molar-refractivity contribution is 0.768. The number of nitrogens with zero attached hydrogens (tertiary/aromatic N) is 3. The van der Waals surface area contributed by atoms with E-state index in [9.17, 15) is 0 Å². The highest BCUT2D eigenvalue weighted by molar-refractivity contribution is 7.15. The molecule has 0 atom stereocenters. The molecule has 0 aliphatic heterocycles. The lowest BCUT2D eigenvalue weighted by atomic mass is 10.2. The first-order chi connectivity index (χ1) is 6.66. The topological polar surface area (TPSA) is 30.7 Å². The molecule has 0 saturated carbocycles. The summed E-state index contributed by atoms with van der Waals surface area (Å²) in [4.78, 5) is 6.75. The largest absolute Gasteiger partial charge is 0.255 e. The molecule has 0 unspecified atom stereocenters. The van der Waals surface area contributed by atoms with Crippen LogP contribution in [0.3, 0.4) is 0 Å². The molecule has 3 nitrogen and oxygen atoms in total. The fraction of sp³-hybridized carbons (Fsp3) is 0.455. The Labute approximate surface area is 94.8 Å². The molecule has 2 aromatic rings. The van der Waals surface area contributed by atoms with E-state index in [1.165, 1.54) is 4.88 Å². The fourth-order valence-corrected chi connectivity index (χ4v) is 2.18. The van der Waals surface area contributed by atoms with Gasteiger partial charge in [0.2, 0.25) is 0 Å². The van der Waals surface area contributed by atoms with Crippen LogP contribution in [0.15, 0.2) is 18.5 Å². The lowest BCUT2D eigenvalue weighted by Gasteiger charge is -1.96. The van der Waals surface area contributed by atoms with Gasteiger partial charge in [-0.1, -0.05) is 21.3 Å². The maximum atomic E-state index is 4.27. The Morgan fingerprint density at radius 1 is 1.33 bits per heavy atom. The van der Waals surface area contributed by atoms with E-state index < -0.39 is 0 Å². The first kappa shape index (κ1) is 11.9. The maximum absolute atomic E-state index is 4.27. The minimum absolute atomic E-state index is 0. The van der Waals surface area contributed by atoms with Crippen molar-refractivity contribution in [1.29, 1.82) is 0 Å². The van der Waals surface area contributed by atoms with Crippen LogP contribution in [0.25, 0.3) is 10.7 Å². The molecule has 0 N–H and O–H groups in total. The molecular formula is C11H17N3S. The Hall–Kier alpha value is -1.16. The monoisotopic (exact) mass is 223 g/mol. The average Bonchev–Trinajstić information content (AvgIpc) is 2.70. The summed E-state index contributed by atoms with van der Waals surface area (Å²) in [5.41, 5.74) is 0. The molecule has 0 fully saturated rings. The summed E-state index contributed by atoms with van der Waals surface area (Å²) in [5.74, 6) is 1.40. The van der Waals surface area contributed by atoms with Crippen molar-refractivity contribution in [1.82, 2.24) is 14.8 Å². The Bertz CT molecular complexity index is 428. The van der Waals surface area contributed by atoms with Crippen molar-refractivity contribution in [2.45, 2.75) is 27.2 Å². The first-order valence-corrected chi connectivity index (χ1v) is 5.44. The summed E-state index contributed by atoms with van der Waals surface area (Å²) >= 11 is 1.77. The smallest absolute Gasteiger partial charge is 0.191 e. The summed E-state index contributed by atoms with van der Waals surface area (Å²) in [5, 5.41) is 4.27. The Kier molecular flexibility index (Phi) is 3.63. The molecule has 2 aromatic heterocycles. The SMILES string of the molecule is C.CC(C)c1ccc(-c2ncn(C)n2)s1. The molecule has 0 aromatic carbocycles. The zero-order chi connectivity index (χ0) is 10.1. The molecule has 0 aliphatic carbocycles. The van der Waals surface area contributed by atoms with Gasteiger partial charge in [0.25, 0.3) is 0 Å². The Balaban J connectivity index is 0.00000112. The highest BCUT2D eigenvalue weighted by atomic mass is 32.1. The summed E-state index contributed by atoms with van der Waals surface area (Å²) in [6.07, 6.45) is 1.73. The molecular weight excluding hydrogens is 206 g/mol. The third-order valence-electron chi connectivity index (χ3n) is 2.02. The molecule has 0 bridgehead atoms. The number of hydrogen-bond donors (Lipinski definition) is 0. The summed E-state index contributed by atoms with van der Waals surface area (Å²) < 4.78 is 1.73. The fourth-order valence-electron chi connectivity index (χ4n) is 1.24. The van der Waals surface area contributed by atoms with Gasteiger partial charge in [0, 0.05) is 11.9 Å². The van der Waals surface area contributed by atoms with Gasteiger partial charge >= 0.3 is 0 Å². The number of aryl methyl sites for hydroxylation is 1. The van der Waals surface area contributed by atoms with Crippen LogP contribution in [0.1, 0.15) is 32.1 Å². The van der Waals surface area contributed by atoms with E-state index in [1.54, 1.807) is 22.3 Å². The second-order valence-electron chi connectivity index (χ2n) is 3.60. The molecule has 82 valence electrons.